The standard InChI is InChI=1S/C12H24N2O2.C10H21NO2.C9H19NO2.C9H19NOS.C8H17NO.C8H16O.C6H12O.3CH4/c1-12(2,3)11(16)9(13-4)7-8-10(15)14(5)6;1-7(12)8(11(5)6)9(13)10(2,3)4;1-9(2,3)8(12)7(6-11)10(4)5;1-9(2,3)8(11)7(6-12)10(4)5;1-8(2,3)7(10)6-9(4)5;1-6(2)7(9)8(3,4)5;1-5(7)6(2,3)4;;;/h9,13H,7-8H2,1-6H3;7-8,12H,1-6H3;7,11H,6H2,1-5H3;7,12H,6H2,1-5H3;6H2,1-5H3;6H,1-5H3;1-4H3;3*1H4. The normalized spacial score (nSPS) is 13.5. The van der Waals surface area contributed by atoms with Crippen molar-refractivity contribution in [2.45, 2.75) is 238 Å². The van der Waals surface area contributed by atoms with Crippen molar-refractivity contribution in [1.82, 2.24) is 29.8 Å². The minimum absolute atomic E-state index is 0. The Hall–Kier alpha value is -2.77. The molecule has 5 atom stereocenters. The van der Waals surface area contributed by atoms with Crippen LogP contribution >= 0.6 is 12.6 Å². The van der Waals surface area contributed by atoms with Crippen molar-refractivity contribution in [2.24, 2.45) is 43.8 Å². The van der Waals surface area contributed by atoms with E-state index < -0.39 is 17.6 Å². The van der Waals surface area contributed by atoms with Gasteiger partial charge >= 0.3 is 0 Å². The highest BCUT2D eigenvalue weighted by molar-refractivity contribution is 7.80. The summed E-state index contributed by atoms with van der Waals surface area (Å²) in [6, 6.07) is -1.07. The van der Waals surface area contributed by atoms with Crippen molar-refractivity contribution >= 4 is 59.0 Å². The fourth-order valence-electron chi connectivity index (χ4n) is 6.10. The second kappa shape index (κ2) is 44.6. The number of hydrogen-bond acceptors (Lipinski definition) is 16. The lowest BCUT2D eigenvalue weighted by Crippen LogP contribution is -2.48. The molecule has 0 rings (SSSR count). The zero-order chi connectivity index (χ0) is 65.7. The van der Waals surface area contributed by atoms with Gasteiger partial charge < -0.3 is 25.3 Å². The Morgan fingerprint density at radius 2 is 0.780 bits per heavy atom. The van der Waals surface area contributed by atoms with Gasteiger partial charge in [-0.2, -0.15) is 12.6 Å². The number of Topliss-reactive ketones (excluding diaryl/α,β-unsaturated/α-hetero) is 7. The molecule has 0 fully saturated rings. The van der Waals surface area contributed by atoms with Gasteiger partial charge in [0.2, 0.25) is 5.91 Å². The molecule has 3 N–H and O–H groups in total. The first-order chi connectivity index (χ1) is 34.6. The number of aliphatic hydroxyl groups excluding tert-OH is 2. The second-order valence-electron chi connectivity index (χ2n) is 29.1. The molecule has 0 spiro atoms. The number of hydrogen-bond donors (Lipinski definition) is 4. The van der Waals surface area contributed by atoms with E-state index in [-0.39, 0.29) is 126 Å². The highest BCUT2D eigenvalue weighted by Crippen LogP contribution is 2.23. The average Bonchev–Trinajstić information content (AvgIpc) is 3.22. The molecule has 0 heterocycles. The Balaban J connectivity index is -0.0000000927. The summed E-state index contributed by atoms with van der Waals surface area (Å²) in [5.74, 6) is 2.24. The van der Waals surface area contributed by atoms with Crippen molar-refractivity contribution in [3.63, 3.8) is 0 Å². The molecule has 496 valence electrons. The van der Waals surface area contributed by atoms with Crippen molar-refractivity contribution < 1.29 is 48.6 Å². The van der Waals surface area contributed by atoms with E-state index >= 15 is 0 Å². The third-order valence-corrected chi connectivity index (χ3v) is 12.2. The first kappa shape index (κ1) is 101. The Morgan fingerprint density at radius 1 is 0.476 bits per heavy atom. The molecule has 17 heteroatoms. The number of carbonyl (C=O) groups excluding carboxylic acids is 8. The van der Waals surface area contributed by atoms with Gasteiger partial charge in [0.15, 0.2) is 28.9 Å². The van der Waals surface area contributed by atoms with Gasteiger partial charge in [-0.05, 0) is 83.7 Å². The molecule has 0 saturated carbocycles. The highest BCUT2D eigenvalue weighted by atomic mass is 32.1. The van der Waals surface area contributed by atoms with Crippen LogP contribution in [0.5, 0.6) is 0 Å². The van der Waals surface area contributed by atoms with E-state index in [1.807, 2.05) is 197 Å². The molecular weight excluding hydrogens is 1060 g/mol. The summed E-state index contributed by atoms with van der Waals surface area (Å²) >= 11 is 4.16. The predicted molar refractivity (Wildman–Crippen MR) is 356 cm³/mol. The van der Waals surface area contributed by atoms with E-state index in [0.29, 0.717) is 30.9 Å². The molecule has 0 bridgehead atoms. The molecule has 0 aliphatic rings. The zero-order valence-electron chi connectivity index (χ0n) is 57.8. The predicted octanol–water partition coefficient (Wildman–Crippen LogP) is 10.9. The van der Waals surface area contributed by atoms with Gasteiger partial charge in [-0.15, -0.1) is 0 Å². The maximum Gasteiger partial charge on any atom is 0.222 e. The van der Waals surface area contributed by atoms with E-state index in [2.05, 4.69) is 17.9 Å². The molecule has 82 heavy (non-hydrogen) atoms. The van der Waals surface area contributed by atoms with Crippen LogP contribution in [0.1, 0.15) is 208 Å². The maximum absolute atomic E-state index is 12.0. The maximum atomic E-state index is 12.0. The number of aliphatic hydroxyl groups is 2. The van der Waals surface area contributed by atoms with Crippen LogP contribution in [0.25, 0.3) is 0 Å². The molecule has 1 amide bonds. The molecule has 0 aliphatic carbocycles. The molecule has 0 aromatic carbocycles. The summed E-state index contributed by atoms with van der Waals surface area (Å²) < 4.78 is 0. The first-order valence-corrected chi connectivity index (χ1v) is 28.4. The SMILES string of the molecule is C.C.C.CC(=O)C(C)(C)C.CC(C)C(=O)C(C)(C)C.CC(O)C(C(=O)C(C)(C)C)N(C)C.CN(C)C(CO)C(=O)C(C)(C)C.CN(C)C(CS)C(=O)C(C)(C)C.CN(C)CC(=O)C(C)(C)C.CNC(CCC(=O)N(C)C)C(=O)C(C)(C)C. The fourth-order valence-corrected chi connectivity index (χ4v) is 6.59. The van der Waals surface area contributed by atoms with Crippen LogP contribution < -0.4 is 5.32 Å². The molecule has 0 aliphatic heterocycles. The molecule has 0 radical (unpaired) electrons. The van der Waals surface area contributed by atoms with Crippen LogP contribution in [0.3, 0.4) is 0 Å². The molecule has 5 unspecified atom stereocenters. The van der Waals surface area contributed by atoms with Crippen molar-refractivity contribution in [1.29, 1.82) is 0 Å². The van der Waals surface area contributed by atoms with Crippen LogP contribution in [-0.4, -0.2) is 208 Å². The number of ketones is 7. The Bertz CT molecular complexity index is 1730. The summed E-state index contributed by atoms with van der Waals surface area (Å²) in [7, 11) is 20.0. The molecule has 0 aromatic rings. The Labute approximate surface area is 514 Å². The smallest absolute Gasteiger partial charge is 0.222 e. The van der Waals surface area contributed by atoms with Crippen molar-refractivity contribution in [2.75, 3.05) is 96.4 Å². The molecular formula is C65H140N6O10S. The largest absolute Gasteiger partial charge is 0.394 e. The summed E-state index contributed by atoms with van der Waals surface area (Å²) in [6.45, 7) is 47.7. The Morgan fingerprint density at radius 3 is 0.890 bits per heavy atom. The van der Waals surface area contributed by atoms with Gasteiger partial charge in [0, 0.05) is 70.1 Å². The third-order valence-electron chi connectivity index (χ3n) is 11.9. The summed E-state index contributed by atoms with van der Waals surface area (Å²) in [6.07, 6.45) is 0.339. The van der Waals surface area contributed by atoms with Gasteiger partial charge in [-0.1, -0.05) is 182 Å². The minimum Gasteiger partial charge on any atom is -0.394 e. The van der Waals surface area contributed by atoms with Crippen LogP contribution in [-0.2, 0) is 38.4 Å². The van der Waals surface area contributed by atoms with E-state index in [0.717, 1.165) is 0 Å². The van der Waals surface area contributed by atoms with Crippen LogP contribution in [0.15, 0.2) is 0 Å². The van der Waals surface area contributed by atoms with Gasteiger partial charge in [0.05, 0.1) is 43.4 Å². The fraction of sp³-hybridized carbons (Fsp3) is 0.877. The average molecular weight is 1200 g/mol. The van der Waals surface area contributed by atoms with Crippen LogP contribution in [0, 0.1) is 43.8 Å². The number of amides is 1. The zero-order valence-corrected chi connectivity index (χ0v) is 58.7. The van der Waals surface area contributed by atoms with Crippen molar-refractivity contribution in [3.8, 4) is 0 Å². The highest BCUT2D eigenvalue weighted by Gasteiger charge is 2.35. The van der Waals surface area contributed by atoms with E-state index in [4.69, 9.17) is 5.11 Å². The van der Waals surface area contributed by atoms with Crippen LogP contribution in [0.4, 0.5) is 0 Å². The topological polar surface area (TPSA) is 205 Å². The summed E-state index contributed by atoms with van der Waals surface area (Å²) in [5.41, 5.74) is -1.89. The lowest BCUT2D eigenvalue weighted by molar-refractivity contribution is -0.134. The first-order valence-electron chi connectivity index (χ1n) is 27.8. The van der Waals surface area contributed by atoms with Crippen LogP contribution in [0.2, 0.25) is 0 Å². The van der Waals surface area contributed by atoms with E-state index in [1.165, 1.54) is 0 Å². The summed E-state index contributed by atoms with van der Waals surface area (Å²) in [5, 5.41) is 21.4. The van der Waals surface area contributed by atoms with E-state index in [1.54, 1.807) is 77.9 Å². The third kappa shape index (κ3) is 50.5. The van der Waals surface area contributed by atoms with Gasteiger partial charge in [0.25, 0.3) is 0 Å². The quantitative estimate of drug-likeness (QED) is 0.100. The monoisotopic (exact) mass is 1200 g/mol. The molecule has 0 saturated heterocycles. The number of thiol groups is 1. The second-order valence-corrected chi connectivity index (χ2v) is 29.4. The van der Waals surface area contributed by atoms with Gasteiger partial charge in [0.1, 0.15) is 11.6 Å². The lowest BCUT2D eigenvalue weighted by atomic mass is 9.84. The number of carbonyl (C=O) groups is 8. The van der Waals surface area contributed by atoms with Gasteiger partial charge in [-0.25, -0.2) is 0 Å². The number of nitrogens with zero attached hydrogens (tertiary/aromatic N) is 5. The Kier molecular flexibility index (Phi) is 55.1. The lowest BCUT2D eigenvalue weighted by Gasteiger charge is -2.31. The van der Waals surface area contributed by atoms with Gasteiger partial charge in [-0.3, -0.25) is 53.1 Å². The number of likely N-dealkylation sites (N-methyl/N-ethyl adjacent to an activating group) is 5. The molecule has 16 nitrogen and oxygen atoms in total. The minimum atomic E-state index is -0.623. The summed E-state index contributed by atoms with van der Waals surface area (Å²) in [4.78, 5) is 100. The number of rotatable bonds is 17. The number of nitrogens with one attached hydrogen (secondary N) is 1. The molecule has 0 aromatic heterocycles. The van der Waals surface area contributed by atoms with E-state index in [9.17, 15) is 43.5 Å². The van der Waals surface area contributed by atoms with Crippen molar-refractivity contribution in [3.05, 3.63) is 0 Å².